The summed E-state index contributed by atoms with van der Waals surface area (Å²) in [7, 11) is 0. The van der Waals surface area contributed by atoms with Gasteiger partial charge in [0.25, 0.3) is 0 Å². The van der Waals surface area contributed by atoms with Crippen molar-refractivity contribution in [1.29, 1.82) is 0 Å². The van der Waals surface area contributed by atoms with Crippen molar-refractivity contribution in [2.45, 2.75) is 6.30 Å². The van der Waals surface area contributed by atoms with Crippen LogP contribution in [0.25, 0.3) is 0 Å². The molecule has 0 rings (SSSR count). The lowest BCUT2D eigenvalue weighted by atomic mass is 11.2. The third-order valence-corrected chi connectivity index (χ3v) is 0.107. The van der Waals surface area contributed by atoms with E-state index in [1.165, 1.54) is 0 Å². The molecule has 0 aromatic carbocycles. The summed E-state index contributed by atoms with van der Waals surface area (Å²) in [4.78, 5) is 0. The van der Waals surface area contributed by atoms with Gasteiger partial charge in [0, 0.05) is 0 Å². The van der Waals surface area contributed by atoms with Gasteiger partial charge in [0.15, 0.2) is 0 Å². The zero-order valence-electron chi connectivity index (χ0n) is 2.51. The Balaban J connectivity index is 3.17. The van der Waals surface area contributed by atoms with Crippen molar-refractivity contribution in [3.8, 4) is 0 Å². The molecule has 0 fully saturated rings. The van der Waals surface area contributed by atoms with Crippen LogP contribution in [0.1, 0.15) is 0 Å². The van der Waals surface area contributed by atoms with Gasteiger partial charge in [0.2, 0.25) is 0 Å². The van der Waals surface area contributed by atoms with E-state index in [0.717, 1.165) is 0 Å². The second-order valence-electron chi connectivity index (χ2n) is 0.592. The Morgan fingerprint density at radius 2 is 1.33 bits per heavy atom. The van der Waals surface area contributed by atoms with Crippen LogP contribution in [0, 0.1) is 0 Å². The lowest BCUT2D eigenvalue weighted by Gasteiger charge is -1.94. The molecule has 0 saturated carbocycles. The summed E-state index contributed by atoms with van der Waals surface area (Å²) in [5, 5.41) is 0. The minimum atomic E-state index is -4.88. The number of alkyl halides is 3. The SMILES string of the molecule is FNC(F)(F)F. The number of nitrogens with one attached hydrogen (secondary N) is 1. The van der Waals surface area contributed by atoms with E-state index in [4.69, 9.17) is 0 Å². The molecule has 1 nitrogen and oxygen atoms in total. The number of halogens is 4. The lowest BCUT2D eigenvalue weighted by molar-refractivity contribution is -0.194. The van der Waals surface area contributed by atoms with Crippen molar-refractivity contribution in [3.63, 3.8) is 0 Å². The molecule has 0 spiro atoms. The first-order valence-corrected chi connectivity index (χ1v) is 1.01. The van der Waals surface area contributed by atoms with Crippen LogP contribution in [0.2, 0.25) is 0 Å². The van der Waals surface area contributed by atoms with Crippen LogP contribution in [-0.4, -0.2) is 6.30 Å². The van der Waals surface area contributed by atoms with E-state index in [0.29, 0.717) is 0 Å². The summed E-state index contributed by atoms with van der Waals surface area (Å²) in [5.41, 5.74) is -0.396. The largest absolute Gasteiger partial charge is 0.484 e. The number of hydrogen-bond donors (Lipinski definition) is 1. The van der Waals surface area contributed by atoms with Crippen LogP contribution in [0.15, 0.2) is 0 Å². The molecule has 0 amide bonds. The van der Waals surface area contributed by atoms with Gasteiger partial charge in [-0.15, -0.1) is 4.48 Å². The highest BCUT2D eigenvalue weighted by molar-refractivity contribution is 4.25. The fraction of sp³-hybridized carbons (Fsp3) is 1.00. The Bertz CT molecular complexity index is 37.3. The first kappa shape index (κ1) is 5.68. The summed E-state index contributed by atoms with van der Waals surface area (Å²) in [6.45, 7) is 0. The minimum Gasteiger partial charge on any atom is -0.154 e. The van der Waals surface area contributed by atoms with Gasteiger partial charge in [-0.1, -0.05) is 5.54 Å². The van der Waals surface area contributed by atoms with Crippen LogP contribution in [0.3, 0.4) is 0 Å². The fourth-order valence-electron chi connectivity index (χ4n) is 0. The summed E-state index contributed by atoms with van der Waals surface area (Å²) in [6.07, 6.45) is -4.88. The Kier molecular flexibility index (Phi) is 1.34. The summed E-state index contributed by atoms with van der Waals surface area (Å²) in [5.74, 6) is 0. The Hall–Kier alpha value is -0.320. The summed E-state index contributed by atoms with van der Waals surface area (Å²) < 4.78 is 41.0. The Morgan fingerprint density at radius 1 is 1.17 bits per heavy atom. The molecule has 0 aliphatic rings. The van der Waals surface area contributed by atoms with Gasteiger partial charge in [-0.05, 0) is 0 Å². The number of rotatable bonds is 0. The molecule has 0 radical (unpaired) electrons. The second kappa shape index (κ2) is 1.42. The molecule has 0 unspecified atom stereocenters. The van der Waals surface area contributed by atoms with Gasteiger partial charge in [0.05, 0.1) is 0 Å². The zero-order valence-corrected chi connectivity index (χ0v) is 2.51. The first-order chi connectivity index (χ1) is 2.56. The predicted octanol–water partition coefficient (Wildman–Crippen LogP) is 0.980. The molecule has 0 aliphatic carbocycles. The molecule has 0 heterocycles. The predicted molar refractivity (Wildman–Crippen MR) is 10.3 cm³/mol. The van der Waals surface area contributed by atoms with Crippen molar-refractivity contribution in [3.05, 3.63) is 0 Å². The minimum absolute atomic E-state index is 0.396. The Morgan fingerprint density at radius 3 is 1.33 bits per heavy atom. The molecule has 0 aromatic heterocycles. The van der Waals surface area contributed by atoms with E-state index in [1.807, 2.05) is 0 Å². The van der Waals surface area contributed by atoms with Crippen molar-refractivity contribution < 1.29 is 17.7 Å². The smallest absolute Gasteiger partial charge is 0.154 e. The fourth-order valence-corrected chi connectivity index (χ4v) is 0. The maximum Gasteiger partial charge on any atom is 0.484 e. The lowest BCUT2D eigenvalue weighted by Crippen LogP contribution is -2.22. The standard InChI is InChI=1S/CHF4N/c2-1(3,4)6-5/h6H. The van der Waals surface area contributed by atoms with Crippen molar-refractivity contribution in [2.24, 2.45) is 0 Å². The van der Waals surface area contributed by atoms with Gasteiger partial charge in [-0.2, -0.15) is 13.2 Å². The van der Waals surface area contributed by atoms with E-state index in [1.54, 1.807) is 0 Å². The molecule has 0 atom stereocenters. The normalized spacial score (nSPS) is 12.0. The maximum atomic E-state index is 10.3. The molecule has 6 heavy (non-hydrogen) atoms. The molecule has 0 bridgehead atoms. The molecular weight excluding hydrogens is 102 g/mol. The molecule has 1 N–H and O–H groups in total. The second-order valence-corrected chi connectivity index (χ2v) is 0.592. The van der Waals surface area contributed by atoms with Gasteiger partial charge in [0.1, 0.15) is 0 Å². The van der Waals surface area contributed by atoms with Gasteiger partial charge in [-0.25, -0.2) is 0 Å². The molecule has 5 heteroatoms. The van der Waals surface area contributed by atoms with Crippen LogP contribution in [-0.2, 0) is 0 Å². The average Bonchev–Trinajstić information content (AvgIpc) is 1.35. The van der Waals surface area contributed by atoms with E-state index in [2.05, 4.69) is 0 Å². The van der Waals surface area contributed by atoms with E-state index in [-0.39, 0.29) is 0 Å². The molecule has 0 aromatic rings. The van der Waals surface area contributed by atoms with Gasteiger partial charge < -0.3 is 0 Å². The highest BCUT2D eigenvalue weighted by atomic mass is 19.4. The van der Waals surface area contributed by atoms with Crippen molar-refractivity contribution in [1.82, 2.24) is 5.54 Å². The molecule has 0 aliphatic heterocycles. The number of hydrogen-bond acceptors (Lipinski definition) is 1. The third kappa shape index (κ3) is 3.68. The third-order valence-electron chi connectivity index (χ3n) is 0.107. The van der Waals surface area contributed by atoms with E-state index >= 15 is 0 Å². The Labute approximate surface area is 30.9 Å². The maximum absolute atomic E-state index is 10.3. The average molecular weight is 103 g/mol. The molecular formula is CHF4N. The van der Waals surface area contributed by atoms with Crippen molar-refractivity contribution in [2.75, 3.05) is 0 Å². The zero-order chi connectivity index (χ0) is 5.21. The van der Waals surface area contributed by atoms with Crippen LogP contribution in [0.4, 0.5) is 17.7 Å². The van der Waals surface area contributed by atoms with Crippen molar-refractivity contribution >= 4 is 0 Å². The van der Waals surface area contributed by atoms with Crippen LogP contribution < -0.4 is 5.54 Å². The molecule has 38 valence electrons. The monoisotopic (exact) mass is 103 g/mol. The van der Waals surface area contributed by atoms with E-state index < -0.39 is 11.8 Å². The highest BCUT2D eigenvalue weighted by Gasteiger charge is 2.26. The summed E-state index contributed by atoms with van der Waals surface area (Å²) >= 11 is 0. The van der Waals surface area contributed by atoms with Gasteiger partial charge in [-0.3, -0.25) is 0 Å². The highest BCUT2D eigenvalue weighted by Crippen LogP contribution is 2.07. The molecule has 0 saturated heterocycles. The summed E-state index contributed by atoms with van der Waals surface area (Å²) in [6, 6.07) is 0. The van der Waals surface area contributed by atoms with E-state index in [9.17, 15) is 17.7 Å². The van der Waals surface area contributed by atoms with Crippen LogP contribution in [0.5, 0.6) is 0 Å². The quantitative estimate of drug-likeness (QED) is 0.274. The van der Waals surface area contributed by atoms with Gasteiger partial charge >= 0.3 is 6.30 Å². The topological polar surface area (TPSA) is 12.0 Å². The van der Waals surface area contributed by atoms with Crippen LogP contribution >= 0.6 is 0 Å². The first-order valence-electron chi connectivity index (χ1n) is 1.01.